The number of rotatable bonds is 1. The number of hydrogen-bond acceptors (Lipinski definition) is 3. The Labute approximate surface area is 116 Å². The molecule has 15 heavy (non-hydrogen) atoms. The van der Waals surface area contributed by atoms with E-state index < -0.39 is 10.3 Å². The van der Waals surface area contributed by atoms with Crippen LogP contribution in [0, 0.1) is 0 Å². The van der Waals surface area contributed by atoms with Crippen LogP contribution in [0.25, 0.3) is 0 Å². The summed E-state index contributed by atoms with van der Waals surface area (Å²) >= 11 is 4.33. The SMILES string of the molecule is O.O.O=S(=O)([O-])NCl.[Na+].c1ccccc1. The summed E-state index contributed by atoms with van der Waals surface area (Å²) in [5.74, 6) is 0. The van der Waals surface area contributed by atoms with E-state index in [4.69, 9.17) is 0 Å². The Morgan fingerprint density at radius 3 is 1.13 bits per heavy atom. The molecular formula is C6H11ClNNaO5S. The van der Waals surface area contributed by atoms with Crippen molar-refractivity contribution >= 4 is 22.1 Å². The summed E-state index contributed by atoms with van der Waals surface area (Å²) in [5.41, 5.74) is 0. The third-order valence-electron chi connectivity index (χ3n) is 0.761. The van der Waals surface area contributed by atoms with E-state index >= 15 is 0 Å². The summed E-state index contributed by atoms with van der Waals surface area (Å²) < 4.78 is 28.6. The van der Waals surface area contributed by atoms with Crippen LogP contribution in [0.3, 0.4) is 0 Å². The Morgan fingerprint density at radius 1 is 0.933 bits per heavy atom. The van der Waals surface area contributed by atoms with Crippen molar-refractivity contribution in [3.05, 3.63) is 36.4 Å². The molecule has 1 aromatic rings. The fourth-order valence-electron chi connectivity index (χ4n) is 0.385. The molecule has 0 bridgehead atoms. The molecule has 9 heteroatoms. The van der Waals surface area contributed by atoms with Gasteiger partial charge < -0.3 is 15.5 Å². The smallest absolute Gasteiger partial charge is 0.735 e. The van der Waals surface area contributed by atoms with Crippen LogP contribution < -0.4 is 33.8 Å². The van der Waals surface area contributed by atoms with Crippen molar-refractivity contribution in [3.63, 3.8) is 0 Å². The quantitative estimate of drug-likeness (QED) is 0.318. The third-order valence-corrected chi connectivity index (χ3v) is 1.52. The van der Waals surface area contributed by atoms with Crippen LogP contribution in [0.2, 0.25) is 0 Å². The fraction of sp³-hybridized carbons (Fsp3) is 0. The molecule has 84 valence electrons. The second-order valence-corrected chi connectivity index (χ2v) is 3.21. The second kappa shape index (κ2) is 14.3. The first-order valence-electron chi connectivity index (χ1n) is 2.89. The molecule has 0 unspecified atom stereocenters. The molecule has 0 saturated heterocycles. The second-order valence-electron chi connectivity index (χ2n) is 1.69. The van der Waals surface area contributed by atoms with E-state index in [1.807, 2.05) is 36.4 Å². The van der Waals surface area contributed by atoms with Crippen molar-refractivity contribution in [1.29, 1.82) is 0 Å². The molecule has 1 rings (SSSR count). The van der Waals surface area contributed by atoms with Crippen LogP contribution >= 0.6 is 11.8 Å². The Bertz CT molecular complexity index is 269. The first-order valence-corrected chi connectivity index (χ1v) is 4.68. The number of hydrogen-bond donors (Lipinski definition) is 1. The maximum absolute atomic E-state index is 9.20. The van der Waals surface area contributed by atoms with Crippen molar-refractivity contribution in [2.75, 3.05) is 0 Å². The van der Waals surface area contributed by atoms with Crippen LogP contribution in [0.1, 0.15) is 0 Å². The van der Waals surface area contributed by atoms with E-state index in [1.165, 1.54) is 0 Å². The molecule has 5 N–H and O–H groups in total. The van der Waals surface area contributed by atoms with Gasteiger partial charge in [-0.2, -0.15) is 0 Å². The van der Waals surface area contributed by atoms with Gasteiger partial charge in [0.2, 0.25) is 0 Å². The van der Waals surface area contributed by atoms with Crippen molar-refractivity contribution in [3.8, 4) is 0 Å². The van der Waals surface area contributed by atoms with Crippen molar-refractivity contribution in [2.45, 2.75) is 0 Å². The van der Waals surface area contributed by atoms with Crippen LogP contribution in [-0.4, -0.2) is 23.9 Å². The molecule has 1 aromatic carbocycles. The topological polar surface area (TPSA) is 132 Å². The molecule has 0 radical (unpaired) electrons. The molecule has 0 atom stereocenters. The zero-order valence-corrected chi connectivity index (χ0v) is 11.5. The van der Waals surface area contributed by atoms with Gasteiger partial charge in [0.1, 0.15) is 0 Å². The summed E-state index contributed by atoms with van der Waals surface area (Å²) in [6.07, 6.45) is 0. The molecular weight excluding hydrogens is 257 g/mol. The molecule has 0 fully saturated rings. The molecule has 0 aliphatic heterocycles. The Balaban J connectivity index is -0.0000000672. The Kier molecular flexibility index (Phi) is 23.4. The molecule has 0 aliphatic rings. The summed E-state index contributed by atoms with van der Waals surface area (Å²) in [5, 5.41) is 0. The summed E-state index contributed by atoms with van der Waals surface area (Å²) in [4.78, 5) is 0. The van der Waals surface area contributed by atoms with E-state index in [0.29, 0.717) is 0 Å². The van der Waals surface area contributed by atoms with E-state index in [-0.39, 0.29) is 40.5 Å². The van der Waals surface area contributed by atoms with Gasteiger partial charge in [-0.3, -0.25) is 0 Å². The fourth-order valence-corrected chi connectivity index (χ4v) is 0.385. The molecule has 0 saturated carbocycles. The van der Waals surface area contributed by atoms with Crippen LogP contribution in [0.4, 0.5) is 0 Å². The first kappa shape index (κ1) is 24.5. The van der Waals surface area contributed by atoms with Gasteiger partial charge >= 0.3 is 29.6 Å². The van der Waals surface area contributed by atoms with Gasteiger partial charge in [0, 0.05) is 0 Å². The van der Waals surface area contributed by atoms with Gasteiger partial charge in [0.25, 0.3) is 0 Å². The molecule has 0 heterocycles. The Morgan fingerprint density at radius 2 is 1.07 bits per heavy atom. The number of nitrogens with one attached hydrogen (secondary N) is 1. The standard InChI is InChI=1S/C6H6.ClH2NO3S.Na.2H2O/c1-2-4-6-5-3-1;1-2-6(3,4)5;;;/h1-6H;2H,(H,3,4,5);;2*1H2/q;;+1;;/p-1. The van der Waals surface area contributed by atoms with E-state index in [1.54, 1.807) is 0 Å². The molecule has 0 spiro atoms. The third kappa shape index (κ3) is 25.0. The van der Waals surface area contributed by atoms with E-state index in [0.717, 1.165) is 4.24 Å². The summed E-state index contributed by atoms with van der Waals surface area (Å²) in [6, 6.07) is 12.0. The van der Waals surface area contributed by atoms with E-state index in [2.05, 4.69) is 11.8 Å². The molecule has 6 nitrogen and oxygen atoms in total. The molecule has 0 amide bonds. The van der Waals surface area contributed by atoms with Crippen molar-refractivity contribution < 1.29 is 53.5 Å². The van der Waals surface area contributed by atoms with Gasteiger partial charge in [0.15, 0.2) is 10.3 Å². The van der Waals surface area contributed by atoms with Gasteiger partial charge in [-0.05, 0) is 11.8 Å². The summed E-state index contributed by atoms with van der Waals surface area (Å²) in [6.45, 7) is 0. The Hall–Kier alpha value is 0.300. The van der Waals surface area contributed by atoms with Crippen molar-refractivity contribution in [2.24, 2.45) is 0 Å². The minimum absolute atomic E-state index is 0. The predicted molar refractivity (Wildman–Crippen MR) is 52.4 cm³/mol. The van der Waals surface area contributed by atoms with Crippen LogP contribution in [-0.2, 0) is 10.3 Å². The normalized spacial score (nSPS) is 7.87. The van der Waals surface area contributed by atoms with Gasteiger partial charge in [-0.1, -0.05) is 36.4 Å². The van der Waals surface area contributed by atoms with Gasteiger partial charge in [-0.15, -0.1) is 4.24 Å². The molecule has 0 aromatic heterocycles. The van der Waals surface area contributed by atoms with E-state index in [9.17, 15) is 13.0 Å². The largest absolute Gasteiger partial charge is 1.00 e. The number of benzene rings is 1. The minimum Gasteiger partial charge on any atom is -0.735 e. The minimum atomic E-state index is -4.40. The van der Waals surface area contributed by atoms with Crippen molar-refractivity contribution in [1.82, 2.24) is 4.24 Å². The van der Waals surface area contributed by atoms with Crippen LogP contribution in [0.5, 0.6) is 0 Å². The first-order chi connectivity index (χ1) is 5.56. The van der Waals surface area contributed by atoms with Gasteiger partial charge in [0.05, 0.1) is 0 Å². The maximum atomic E-state index is 9.20. The predicted octanol–water partition coefficient (Wildman–Crippen LogP) is -3.77. The number of halogens is 1. The van der Waals surface area contributed by atoms with Gasteiger partial charge in [-0.25, -0.2) is 8.42 Å². The van der Waals surface area contributed by atoms with Crippen LogP contribution in [0.15, 0.2) is 36.4 Å². The average Bonchev–Trinajstić information content (AvgIpc) is 2.07. The monoisotopic (exact) mass is 267 g/mol. The zero-order valence-electron chi connectivity index (χ0n) is 7.98. The molecule has 0 aliphatic carbocycles. The average molecular weight is 268 g/mol. The summed E-state index contributed by atoms with van der Waals surface area (Å²) in [7, 11) is -4.40. The zero-order chi connectivity index (χ0) is 9.45. The maximum Gasteiger partial charge on any atom is 1.00 e.